The van der Waals surface area contributed by atoms with Crippen molar-refractivity contribution in [2.75, 3.05) is 19.7 Å². The van der Waals surface area contributed by atoms with Gasteiger partial charge in [0, 0.05) is 30.6 Å². The number of fused-ring (bicyclic) bond motifs is 1. The van der Waals surface area contributed by atoms with Crippen molar-refractivity contribution in [3.8, 4) is 11.3 Å². The van der Waals surface area contributed by atoms with E-state index in [9.17, 15) is 4.79 Å². The number of carbonyl (C=O) groups is 1. The van der Waals surface area contributed by atoms with Gasteiger partial charge < -0.3 is 14.2 Å². The number of benzene rings is 1. The molecule has 1 aromatic carbocycles. The summed E-state index contributed by atoms with van der Waals surface area (Å²) in [5.74, 6) is 0.824. The van der Waals surface area contributed by atoms with E-state index in [1.807, 2.05) is 19.1 Å². The molecule has 5 heteroatoms. The van der Waals surface area contributed by atoms with E-state index >= 15 is 0 Å². The maximum Gasteiger partial charge on any atom is 0.409 e. The summed E-state index contributed by atoms with van der Waals surface area (Å²) < 4.78 is 10.7. The fraction of sp³-hybridized carbons (Fsp3) is 0.412. The van der Waals surface area contributed by atoms with Crippen LogP contribution in [0.25, 0.3) is 11.3 Å². The smallest absolute Gasteiger partial charge is 0.409 e. The molecular formula is C17H20N2O3. The highest BCUT2D eigenvalue weighted by atomic mass is 16.6. The van der Waals surface area contributed by atoms with Gasteiger partial charge in [-0.1, -0.05) is 28.9 Å². The minimum atomic E-state index is -0.248. The Kier molecular flexibility index (Phi) is 4.13. The Labute approximate surface area is 129 Å². The third-order valence-electron chi connectivity index (χ3n) is 3.93. The molecule has 0 saturated carbocycles. The van der Waals surface area contributed by atoms with Crippen LogP contribution in [0.5, 0.6) is 0 Å². The summed E-state index contributed by atoms with van der Waals surface area (Å²) in [5, 5.41) is 4.21. The molecule has 0 radical (unpaired) electrons. The fourth-order valence-electron chi connectivity index (χ4n) is 2.81. The average Bonchev–Trinajstić information content (AvgIpc) is 2.79. The van der Waals surface area contributed by atoms with E-state index in [4.69, 9.17) is 9.26 Å². The van der Waals surface area contributed by atoms with Gasteiger partial charge in [-0.15, -0.1) is 0 Å². The normalized spacial score (nSPS) is 14.4. The van der Waals surface area contributed by atoms with E-state index < -0.39 is 0 Å². The molecule has 5 nitrogen and oxygen atoms in total. The van der Waals surface area contributed by atoms with E-state index in [-0.39, 0.29) is 6.09 Å². The number of hydrogen-bond donors (Lipinski definition) is 0. The van der Waals surface area contributed by atoms with Crippen LogP contribution in [0.2, 0.25) is 0 Å². The summed E-state index contributed by atoms with van der Waals surface area (Å²) in [6.45, 7) is 5.52. The number of ether oxygens (including phenoxy) is 1. The topological polar surface area (TPSA) is 55.6 Å². The van der Waals surface area contributed by atoms with Crippen molar-refractivity contribution >= 4 is 6.09 Å². The van der Waals surface area contributed by atoms with Crippen LogP contribution >= 0.6 is 0 Å². The zero-order valence-corrected chi connectivity index (χ0v) is 13.0. The third kappa shape index (κ3) is 2.84. The summed E-state index contributed by atoms with van der Waals surface area (Å²) in [7, 11) is 0. The second-order valence-corrected chi connectivity index (χ2v) is 5.49. The molecule has 1 aromatic heterocycles. The molecule has 1 aliphatic heterocycles. The Balaban J connectivity index is 1.84. The lowest BCUT2D eigenvalue weighted by Crippen LogP contribution is -2.33. The molecule has 1 aliphatic rings. The number of nitrogens with zero attached hydrogens (tertiary/aromatic N) is 2. The molecule has 2 aromatic rings. The maximum absolute atomic E-state index is 11.9. The SMILES string of the molecule is CCOC(=O)N1CCc2noc(-c3cccc(C)c3)c2CC1. The van der Waals surface area contributed by atoms with Gasteiger partial charge >= 0.3 is 6.09 Å². The summed E-state index contributed by atoms with van der Waals surface area (Å²) >= 11 is 0. The lowest BCUT2D eigenvalue weighted by Gasteiger charge is -2.18. The van der Waals surface area contributed by atoms with E-state index in [2.05, 4.69) is 24.2 Å². The molecule has 0 saturated heterocycles. The highest BCUT2D eigenvalue weighted by Crippen LogP contribution is 2.29. The van der Waals surface area contributed by atoms with Gasteiger partial charge in [0.25, 0.3) is 0 Å². The second kappa shape index (κ2) is 6.22. The van der Waals surface area contributed by atoms with Gasteiger partial charge in [0.1, 0.15) is 0 Å². The Morgan fingerprint density at radius 2 is 2.18 bits per heavy atom. The summed E-state index contributed by atoms with van der Waals surface area (Å²) in [5.41, 5.74) is 4.28. The van der Waals surface area contributed by atoms with E-state index in [1.165, 1.54) is 5.56 Å². The first-order valence-electron chi connectivity index (χ1n) is 7.65. The molecule has 1 amide bonds. The quantitative estimate of drug-likeness (QED) is 0.854. The molecule has 2 heterocycles. The van der Waals surface area contributed by atoms with Crippen molar-refractivity contribution in [3.63, 3.8) is 0 Å². The highest BCUT2D eigenvalue weighted by molar-refractivity contribution is 5.68. The minimum absolute atomic E-state index is 0.248. The van der Waals surface area contributed by atoms with Crippen molar-refractivity contribution in [1.29, 1.82) is 0 Å². The second-order valence-electron chi connectivity index (χ2n) is 5.49. The molecule has 0 N–H and O–H groups in total. The Morgan fingerprint density at radius 1 is 1.36 bits per heavy atom. The van der Waals surface area contributed by atoms with Crippen molar-refractivity contribution in [3.05, 3.63) is 41.1 Å². The summed E-state index contributed by atoms with van der Waals surface area (Å²) in [6, 6.07) is 8.19. The predicted molar refractivity (Wildman–Crippen MR) is 82.7 cm³/mol. The highest BCUT2D eigenvalue weighted by Gasteiger charge is 2.25. The summed E-state index contributed by atoms with van der Waals surface area (Å²) in [4.78, 5) is 13.6. The van der Waals surface area contributed by atoms with Crippen LogP contribution in [-0.2, 0) is 17.6 Å². The van der Waals surface area contributed by atoms with Crippen LogP contribution in [0.1, 0.15) is 23.7 Å². The molecule has 116 valence electrons. The number of aromatic nitrogens is 1. The first-order chi connectivity index (χ1) is 10.7. The number of rotatable bonds is 2. The van der Waals surface area contributed by atoms with Crippen molar-refractivity contribution < 1.29 is 14.1 Å². The molecule has 0 aliphatic carbocycles. The van der Waals surface area contributed by atoms with Crippen molar-refractivity contribution in [2.45, 2.75) is 26.7 Å². The monoisotopic (exact) mass is 300 g/mol. The van der Waals surface area contributed by atoms with Gasteiger partial charge in [0.05, 0.1) is 12.3 Å². The van der Waals surface area contributed by atoms with Gasteiger partial charge in [-0.25, -0.2) is 4.79 Å². The number of carbonyl (C=O) groups excluding carboxylic acids is 1. The van der Waals surface area contributed by atoms with Crippen molar-refractivity contribution in [2.24, 2.45) is 0 Å². The van der Waals surface area contributed by atoms with Gasteiger partial charge in [0.15, 0.2) is 5.76 Å². The Bertz CT molecular complexity index is 678. The Hall–Kier alpha value is -2.30. The van der Waals surface area contributed by atoms with Crippen LogP contribution in [0.15, 0.2) is 28.8 Å². The lowest BCUT2D eigenvalue weighted by atomic mass is 10.0. The average molecular weight is 300 g/mol. The zero-order chi connectivity index (χ0) is 15.5. The van der Waals surface area contributed by atoms with Crippen LogP contribution in [-0.4, -0.2) is 35.8 Å². The van der Waals surface area contributed by atoms with E-state index in [1.54, 1.807) is 4.90 Å². The van der Waals surface area contributed by atoms with Crippen LogP contribution in [0, 0.1) is 6.92 Å². The first kappa shape index (κ1) is 14.6. The predicted octanol–water partition coefficient (Wildman–Crippen LogP) is 3.21. The standard InChI is InChI=1S/C17H20N2O3/c1-3-21-17(20)19-9-7-14-15(8-10-19)18-22-16(14)13-6-4-5-12(2)11-13/h4-6,11H,3,7-10H2,1-2H3. The maximum atomic E-state index is 11.9. The number of aryl methyl sites for hydroxylation is 1. The van der Waals surface area contributed by atoms with Gasteiger partial charge in [-0.3, -0.25) is 0 Å². The largest absolute Gasteiger partial charge is 0.450 e. The lowest BCUT2D eigenvalue weighted by molar-refractivity contribution is 0.108. The summed E-state index contributed by atoms with van der Waals surface area (Å²) in [6.07, 6.45) is 1.19. The molecule has 0 unspecified atom stereocenters. The molecule has 0 spiro atoms. The van der Waals surface area contributed by atoms with E-state index in [0.29, 0.717) is 26.1 Å². The third-order valence-corrected chi connectivity index (χ3v) is 3.93. The molecule has 0 atom stereocenters. The molecule has 0 bridgehead atoms. The van der Waals surface area contributed by atoms with Crippen LogP contribution in [0.4, 0.5) is 4.79 Å². The fourth-order valence-corrected chi connectivity index (χ4v) is 2.81. The minimum Gasteiger partial charge on any atom is -0.450 e. The molecule has 3 rings (SSSR count). The molecule has 22 heavy (non-hydrogen) atoms. The van der Waals surface area contributed by atoms with Gasteiger partial charge in [-0.05, 0) is 26.3 Å². The number of hydrogen-bond acceptors (Lipinski definition) is 4. The first-order valence-corrected chi connectivity index (χ1v) is 7.65. The van der Waals surface area contributed by atoms with E-state index in [0.717, 1.165) is 29.0 Å². The Morgan fingerprint density at radius 3 is 2.95 bits per heavy atom. The zero-order valence-electron chi connectivity index (χ0n) is 13.0. The van der Waals surface area contributed by atoms with Crippen LogP contribution < -0.4 is 0 Å². The molecular weight excluding hydrogens is 280 g/mol. The number of amides is 1. The van der Waals surface area contributed by atoms with Crippen LogP contribution in [0.3, 0.4) is 0 Å². The van der Waals surface area contributed by atoms with Gasteiger partial charge in [0.2, 0.25) is 0 Å². The molecule has 0 fully saturated rings. The van der Waals surface area contributed by atoms with Crippen molar-refractivity contribution in [1.82, 2.24) is 10.1 Å². The van der Waals surface area contributed by atoms with Gasteiger partial charge in [-0.2, -0.15) is 0 Å².